The van der Waals surface area contributed by atoms with E-state index in [2.05, 4.69) is 39.1 Å². The Balaban J connectivity index is 0.00000420. The molecule has 1 fully saturated rings. The maximum absolute atomic E-state index is 12.6. The second-order valence-electron chi connectivity index (χ2n) is 7.44. The van der Waals surface area contributed by atoms with Gasteiger partial charge in [0.15, 0.2) is 5.96 Å². The molecule has 29 heavy (non-hydrogen) atoms. The zero-order valence-electron chi connectivity index (χ0n) is 17.6. The van der Waals surface area contributed by atoms with Gasteiger partial charge in [0.1, 0.15) is 5.75 Å². The van der Waals surface area contributed by atoms with E-state index in [4.69, 9.17) is 4.74 Å². The van der Waals surface area contributed by atoms with Crippen molar-refractivity contribution in [3.05, 3.63) is 29.3 Å². The van der Waals surface area contributed by atoms with Crippen LogP contribution in [0.3, 0.4) is 0 Å². The second kappa shape index (κ2) is 13.2. The van der Waals surface area contributed by atoms with Gasteiger partial charge in [0.25, 0.3) is 0 Å². The van der Waals surface area contributed by atoms with Gasteiger partial charge in [0, 0.05) is 45.3 Å². The largest absolute Gasteiger partial charge is 0.434 e. The number of halogens is 3. The Bertz CT molecular complexity index is 647. The van der Waals surface area contributed by atoms with Crippen LogP contribution in [0.2, 0.25) is 0 Å². The van der Waals surface area contributed by atoms with E-state index >= 15 is 0 Å². The molecule has 2 rings (SSSR count). The maximum atomic E-state index is 12.6. The Morgan fingerprint density at radius 2 is 2.10 bits per heavy atom. The van der Waals surface area contributed by atoms with Crippen molar-refractivity contribution in [1.82, 2.24) is 15.5 Å². The summed E-state index contributed by atoms with van der Waals surface area (Å²) in [4.78, 5) is 6.62. The third-order valence-electron chi connectivity index (χ3n) is 4.45. The van der Waals surface area contributed by atoms with Crippen molar-refractivity contribution < 1.29 is 18.3 Å². The van der Waals surface area contributed by atoms with Gasteiger partial charge < -0.3 is 20.1 Å². The van der Waals surface area contributed by atoms with Crippen LogP contribution < -0.4 is 15.4 Å². The molecule has 0 aliphatic carbocycles. The minimum absolute atomic E-state index is 0. The van der Waals surface area contributed by atoms with Crippen molar-refractivity contribution in [1.29, 1.82) is 0 Å². The van der Waals surface area contributed by atoms with E-state index in [1.165, 1.54) is 0 Å². The molecule has 2 N–H and O–H groups in total. The topological polar surface area (TPSA) is 58.1 Å². The summed E-state index contributed by atoms with van der Waals surface area (Å²) in [6, 6.07) is 5.14. The number of alkyl halides is 2. The number of nitrogens with zero attached hydrogens (tertiary/aromatic N) is 2. The van der Waals surface area contributed by atoms with Crippen LogP contribution in [0.15, 0.2) is 23.2 Å². The quantitative estimate of drug-likeness (QED) is 0.310. The minimum Gasteiger partial charge on any atom is -0.434 e. The average molecular weight is 526 g/mol. The number of aryl methyl sites for hydroxylation is 1. The molecular weight excluding hydrogens is 493 g/mol. The summed E-state index contributed by atoms with van der Waals surface area (Å²) in [5, 5.41) is 6.41. The van der Waals surface area contributed by atoms with E-state index in [0.29, 0.717) is 30.5 Å². The van der Waals surface area contributed by atoms with Crippen LogP contribution in [0, 0.1) is 12.8 Å². The Labute approximate surface area is 189 Å². The molecule has 1 aromatic carbocycles. The molecule has 0 amide bonds. The van der Waals surface area contributed by atoms with Gasteiger partial charge in [0.05, 0.1) is 12.7 Å². The predicted molar refractivity (Wildman–Crippen MR) is 122 cm³/mol. The van der Waals surface area contributed by atoms with Crippen molar-refractivity contribution in [2.45, 2.75) is 40.0 Å². The predicted octanol–water partition coefficient (Wildman–Crippen LogP) is 3.24. The zero-order valence-corrected chi connectivity index (χ0v) is 19.9. The monoisotopic (exact) mass is 526 g/mol. The first-order valence-electron chi connectivity index (χ1n) is 9.70. The molecule has 166 valence electrons. The van der Waals surface area contributed by atoms with E-state index < -0.39 is 6.61 Å². The number of morpholine rings is 1. The van der Waals surface area contributed by atoms with Crippen LogP contribution in [0.1, 0.15) is 25.0 Å². The number of nitrogens with one attached hydrogen (secondary N) is 2. The van der Waals surface area contributed by atoms with Crippen LogP contribution in [0.4, 0.5) is 8.78 Å². The van der Waals surface area contributed by atoms with Gasteiger partial charge >= 0.3 is 6.61 Å². The summed E-state index contributed by atoms with van der Waals surface area (Å²) in [6.45, 7) is 8.07. The van der Waals surface area contributed by atoms with Crippen molar-refractivity contribution in [3.8, 4) is 5.75 Å². The van der Waals surface area contributed by atoms with E-state index in [1.807, 2.05) is 13.0 Å². The molecule has 1 aromatic rings. The fourth-order valence-corrected chi connectivity index (χ4v) is 3.25. The lowest BCUT2D eigenvalue weighted by Crippen LogP contribution is -2.50. The molecule has 1 aliphatic heterocycles. The highest BCUT2D eigenvalue weighted by atomic mass is 127. The Morgan fingerprint density at radius 1 is 1.34 bits per heavy atom. The molecule has 1 saturated heterocycles. The molecule has 0 spiro atoms. The lowest BCUT2D eigenvalue weighted by molar-refractivity contribution is -0.0504. The molecule has 9 heteroatoms. The van der Waals surface area contributed by atoms with Crippen molar-refractivity contribution >= 4 is 29.9 Å². The zero-order chi connectivity index (χ0) is 20.5. The first kappa shape index (κ1) is 25.8. The smallest absolute Gasteiger partial charge is 0.387 e. The molecule has 6 nitrogen and oxygen atoms in total. The Morgan fingerprint density at radius 3 is 2.76 bits per heavy atom. The van der Waals surface area contributed by atoms with Crippen LogP contribution in [-0.2, 0) is 11.3 Å². The van der Waals surface area contributed by atoms with Crippen molar-refractivity contribution in [2.24, 2.45) is 10.9 Å². The molecule has 0 radical (unpaired) electrons. The van der Waals surface area contributed by atoms with Crippen LogP contribution in [-0.4, -0.2) is 63.4 Å². The number of ether oxygens (including phenoxy) is 2. The normalized spacial score (nSPS) is 17.9. The van der Waals surface area contributed by atoms with Gasteiger partial charge in [0.2, 0.25) is 0 Å². The summed E-state index contributed by atoms with van der Waals surface area (Å²) in [5.41, 5.74) is 1.63. The second-order valence-corrected chi connectivity index (χ2v) is 7.44. The third kappa shape index (κ3) is 9.43. The Kier molecular flexibility index (Phi) is 11.7. The van der Waals surface area contributed by atoms with Crippen LogP contribution >= 0.6 is 24.0 Å². The third-order valence-corrected chi connectivity index (χ3v) is 4.45. The highest BCUT2D eigenvalue weighted by molar-refractivity contribution is 14.0. The molecule has 1 aliphatic rings. The first-order valence-corrected chi connectivity index (χ1v) is 9.70. The van der Waals surface area contributed by atoms with E-state index in [9.17, 15) is 8.78 Å². The number of hydrogen-bond acceptors (Lipinski definition) is 4. The summed E-state index contributed by atoms with van der Waals surface area (Å²) in [7, 11) is 1.68. The van der Waals surface area contributed by atoms with E-state index in [1.54, 1.807) is 19.2 Å². The fourth-order valence-electron chi connectivity index (χ4n) is 3.25. The van der Waals surface area contributed by atoms with Gasteiger partial charge in [-0.1, -0.05) is 31.5 Å². The summed E-state index contributed by atoms with van der Waals surface area (Å²) >= 11 is 0. The number of rotatable bonds is 8. The first-order chi connectivity index (χ1) is 13.4. The Hall–Kier alpha value is -1.20. The van der Waals surface area contributed by atoms with Gasteiger partial charge in [-0.2, -0.15) is 8.78 Å². The summed E-state index contributed by atoms with van der Waals surface area (Å²) in [6.07, 6.45) is 0.0859. The number of aliphatic imine (C=N–C) groups is 1. The molecule has 1 unspecified atom stereocenters. The lowest BCUT2D eigenvalue weighted by Gasteiger charge is -2.34. The van der Waals surface area contributed by atoms with Gasteiger partial charge in [-0.15, -0.1) is 24.0 Å². The molecule has 1 heterocycles. The number of benzene rings is 1. The van der Waals surface area contributed by atoms with Gasteiger partial charge in [-0.05, 0) is 18.9 Å². The van der Waals surface area contributed by atoms with E-state index in [-0.39, 0.29) is 35.8 Å². The number of hydrogen-bond donors (Lipinski definition) is 2. The summed E-state index contributed by atoms with van der Waals surface area (Å²) in [5.74, 6) is 1.39. The minimum atomic E-state index is -2.85. The maximum Gasteiger partial charge on any atom is 0.387 e. The lowest BCUT2D eigenvalue weighted by atomic mass is 10.1. The average Bonchev–Trinajstić information content (AvgIpc) is 2.63. The molecule has 0 aromatic heterocycles. The highest BCUT2D eigenvalue weighted by Crippen LogP contribution is 2.22. The summed E-state index contributed by atoms with van der Waals surface area (Å²) < 4.78 is 35.7. The number of guanidine groups is 1. The SMILES string of the molecule is CN=C(NCc1cc(C)ccc1OC(F)F)NCC1CN(CC(C)C)CCO1.I. The molecule has 1 atom stereocenters. The molecule has 0 bridgehead atoms. The van der Waals surface area contributed by atoms with Crippen LogP contribution in [0.25, 0.3) is 0 Å². The van der Waals surface area contributed by atoms with Crippen LogP contribution in [0.5, 0.6) is 5.75 Å². The van der Waals surface area contributed by atoms with Crippen molar-refractivity contribution in [3.63, 3.8) is 0 Å². The molecule has 0 saturated carbocycles. The fraction of sp³-hybridized carbons (Fsp3) is 0.650. The van der Waals surface area contributed by atoms with Gasteiger partial charge in [-0.3, -0.25) is 9.89 Å². The van der Waals surface area contributed by atoms with E-state index in [0.717, 1.165) is 31.8 Å². The van der Waals surface area contributed by atoms with Crippen molar-refractivity contribution in [2.75, 3.05) is 39.8 Å². The highest BCUT2D eigenvalue weighted by Gasteiger charge is 2.21. The molecular formula is C20H33F2IN4O2. The standard InChI is InChI=1S/C20H32F2N4O2.HI/c1-14(2)12-26-7-8-27-17(13-26)11-25-20(23-4)24-10-16-9-15(3)5-6-18(16)28-19(21)22;/h5-6,9,14,17,19H,7-8,10-13H2,1-4H3,(H2,23,24,25);1H. The van der Waals surface area contributed by atoms with Gasteiger partial charge in [-0.25, -0.2) is 0 Å².